The highest BCUT2D eigenvalue weighted by Crippen LogP contribution is 2.31. The highest BCUT2D eigenvalue weighted by Gasteiger charge is 2.33. The van der Waals surface area contributed by atoms with Crippen LogP contribution in [0.2, 0.25) is 0 Å². The van der Waals surface area contributed by atoms with Crippen molar-refractivity contribution in [1.29, 1.82) is 0 Å². The van der Waals surface area contributed by atoms with Gasteiger partial charge in [0, 0.05) is 57.7 Å². The van der Waals surface area contributed by atoms with Gasteiger partial charge in [-0.25, -0.2) is 9.97 Å². The Morgan fingerprint density at radius 2 is 2.09 bits per heavy atom. The quantitative estimate of drug-likeness (QED) is 0.417. The number of methoxy groups -OCH3 is 1. The summed E-state index contributed by atoms with van der Waals surface area (Å²) in [5, 5.41) is 11.4. The molecule has 4 aromatic heterocycles. The third-order valence-electron chi connectivity index (χ3n) is 6.52. The van der Waals surface area contributed by atoms with Gasteiger partial charge in [0.1, 0.15) is 23.6 Å². The SMILES string of the molecule is CNc1cc(-c2cn(CC(=O)N(C)C)c3ncccc23)nc2c(C(=O)NC3CCC3OC)cnn12. The van der Waals surface area contributed by atoms with Crippen LogP contribution in [0.1, 0.15) is 23.2 Å². The topological polar surface area (TPSA) is 119 Å². The fourth-order valence-electron chi connectivity index (χ4n) is 4.34. The second kappa shape index (κ2) is 8.99. The summed E-state index contributed by atoms with van der Waals surface area (Å²) >= 11 is 0. The Balaban J connectivity index is 1.59. The van der Waals surface area contributed by atoms with Crippen LogP contribution in [0.5, 0.6) is 0 Å². The average molecular weight is 477 g/mol. The van der Waals surface area contributed by atoms with Crippen molar-refractivity contribution in [1.82, 2.24) is 34.4 Å². The molecule has 11 nitrogen and oxygen atoms in total. The number of aromatic nitrogens is 5. The lowest BCUT2D eigenvalue weighted by Crippen LogP contribution is -2.51. The van der Waals surface area contributed by atoms with Crippen LogP contribution in [0.25, 0.3) is 27.9 Å². The molecule has 1 aliphatic rings. The number of anilines is 1. The summed E-state index contributed by atoms with van der Waals surface area (Å²) < 4.78 is 8.84. The van der Waals surface area contributed by atoms with E-state index in [1.807, 2.05) is 29.0 Å². The molecular formula is C24H28N8O3. The molecule has 11 heteroatoms. The first-order valence-corrected chi connectivity index (χ1v) is 11.5. The van der Waals surface area contributed by atoms with Crippen molar-refractivity contribution >= 4 is 34.3 Å². The molecule has 182 valence electrons. The standard InChI is InChI=1S/C24H28N8O3/c1-25-20-10-18(16-12-31(13-21(33)30(2)3)22-14(16)6-5-9-26-22)28-23-15(11-27-32(20)23)24(34)29-17-7-8-19(17)35-4/h5-6,9-12,17,19,25H,7-8,13H2,1-4H3,(H,29,34). The van der Waals surface area contributed by atoms with Gasteiger partial charge in [0.05, 0.1) is 24.0 Å². The number of hydrogen-bond donors (Lipinski definition) is 2. The normalized spacial score (nSPS) is 17.4. The zero-order chi connectivity index (χ0) is 24.7. The summed E-state index contributed by atoms with van der Waals surface area (Å²) in [5.41, 5.74) is 2.96. The van der Waals surface area contributed by atoms with Crippen LogP contribution in [0.4, 0.5) is 5.82 Å². The van der Waals surface area contributed by atoms with E-state index < -0.39 is 0 Å². The number of nitrogens with one attached hydrogen (secondary N) is 2. The molecule has 35 heavy (non-hydrogen) atoms. The lowest BCUT2D eigenvalue weighted by atomic mass is 9.89. The van der Waals surface area contributed by atoms with Crippen LogP contribution < -0.4 is 10.6 Å². The predicted octanol–water partition coefficient (Wildman–Crippen LogP) is 1.78. The van der Waals surface area contributed by atoms with Gasteiger partial charge in [-0.2, -0.15) is 9.61 Å². The van der Waals surface area contributed by atoms with Gasteiger partial charge in [0.15, 0.2) is 5.65 Å². The van der Waals surface area contributed by atoms with Crippen molar-refractivity contribution in [2.45, 2.75) is 31.5 Å². The van der Waals surface area contributed by atoms with Crippen molar-refractivity contribution in [3.8, 4) is 11.3 Å². The van der Waals surface area contributed by atoms with Gasteiger partial charge < -0.3 is 24.8 Å². The van der Waals surface area contributed by atoms with E-state index in [4.69, 9.17) is 9.72 Å². The van der Waals surface area contributed by atoms with Crippen LogP contribution in [-0.2, 0) is 16.1 Å². The first-order chi connectivity index (χ1) is 16.9. The van der Waals surface area contributed by atoms with E-state index in [-0.39, 0.29) is 30.5 Å². The van der Waals surface area contributed by atoms with Gasteiger partial charge in [-0.3, -0.25) is 9.59 Å². The van der Waals surface area contributed by atoms with E-state index >= 15 is 0 Å². The van der Waals surface area contributed by atoms with Crippen molar-refractivity contribution < 1.29 is 14.3 Å². The number of likely N-dealkylation sites (N-methyl/N-ethyl adjacent to an activating group) is 1. The largest absolute Gasteiger partial charge is 0.379 e. The molecule has 0 radical (unpaired) electrons. The lowest BCUT2D eigenvalue weighted by Gasteiger charge is -2.35. The molecule has 1 saturated carbocycles. The third kappa shape index (κ3) is 3.97. The number of hydrogen-bond acceptors (Lipinski definition) is 7. The Hall–Kier alpha value is -3.99. The maximum atomic E-state index is 13.1. The Bertz CT molecular complexity index is 1420. The lowest BCUT2D eigenvalue weighted by molar-refractivity contribution is -0.129. The molecule has 0 aromatic carbocycles. The minimum atomic E-state index is -0.237. The van der Waals surface area contributed by atoms with Gasteiger partial charge in [0.25, 0.3) is 5.91 Å². The Kier molecular flexibility index (Phi) is 5.85. The maximum absolute atomic E-state index is 13.1. The van der Waals surface area contributed by atoms with Crippen molar-refractivity contribution in [3.05, 3.63) is 42.4 Å². The molecule has 4 aromatic rings. The van der Waals surface area contributed by atoms with Gasteiger partial charge in [-0.05, 0) is 25.0 Å². The van der Waals surface area contributed by atoms with E-state index in [1.165, 1.54) is 6.20 Å². The van der Waals surface area contributed by atoms with Gasteiger partial charge >= 0.3 is 0 Å². The van der Waals surface area contributed by atoms with Gasteiger partial charge in [0.2, 0.25) is 5.91 Å². The zero-order valence-electron chi connectivity index (χ0n) is 20.1. The molecule has 0 saturated heterocycles. The molecule has 2 N–H and O–H groups in total. The zero-order valence-corrected chi connectivity index (χ0v) is 20.1. The van der Waals surface area contributed by atoms with E-state index in [2.05, 4.69) is 20.7 Å². The number of amides is 2. The Morgan fingerprint density at radius 1 is 1.26 bits per heavy atom. The van der Waals surface area contributed by atoms with Crippen LogP contribution in [0.3, 0.4) is 0 Å². The number of fused-ring (bicyclic) bond motifs is 2. The fraction of sp³-hybridized carbons (Fsp3) is 0.375. The van der Waals surface area contributed by atoms with E-state index in [0.717, 1.165) is 23.8 Å². The molecule has 2 amide bonds. The summed E-state index contributed by atoms with van der Waals surface area (Å²) in [7, 11) is 6.89. The maximum Gasteiger partial charge on any atom is 0.257 e. The molecule has 4 heterocycles. The van der Waals surface area contributed by atoms with Crippen LogP contribution in [0, 0.1) is 0 Å². The molecule has 2 atom stereocenters. The average Bonchev–Trinajstić information content (AvgIpc) is 3.43. The smallest absolute Gasteiger partial charge is 0.257 e. The predicted molar refractivity (Wildman–Crippen MR) is 131 cm³/mol. The highest BCUT2D eigenvalue weighted by atomic mass is 16.5. The van der Waals surface area contributed by atoms with Crippen LogP contribution >= 0.6 is 0 Å². The summed E-state index contributed by atoms with van der Waals surface area (Å²) in [6, 6.07) is 5.65. The molecule has 2 unspecified atom stereocenters. The number of carbonyl (C=O) groups excluding carboxylic acids is 2. The number of pyridine rings is 1. The summed E-state index contributed by atoms with van der Waals surface area (Å²) in [6.07, 6.45) is 6.94. The van der Waals surface area contributed by atoms with Crippen molar-refractivity contribution in [2.75, 3.05) is 33.6 Å². The van der Waals surface area contributed by atoms with E-state index in [9.17, 15) is 9.59 Å². The van der Waals surface area contributed by atoms with Crippen LogP contribution in [0.15, 0.2) is 36.8 Å². The second-order valence-electron chi connectivity index (χ2n) is 8.84. The highest BCUT2D eigenvalue weighted by molar-refractivity contribution is 6.01. The summed E-state index contributed by atoms with van der Waals surface area (Å²) in [5.74, 6) is 0.397. The first kappa shape index (κ1) is 22.8. The van der Waals surface area contributed by atoms with E-state index in [1.54, 1.807) is 43.9 Å². The number of carbonyl (C=O) groups is 2. The molecule has 0 spiro atoms. The van der Waals surface area contributed by atoms with Crippen molar-refractivity contribution in [2.24, 2.45) is 0 Å². The van der Waals surface area contributed by atoms with Gasteiger partial charge in [-0.15, -0.1) is 0 Å². The molecule has 1 aliphatic carbocycles. The van der Waals surface area contributed by atoms with Crippen molar-refractivity contribution in [3.63, 3.8) is 0 Å². The Morgan fingerprint density at radius 3 is 2.77 bits per heavy atom. The molecule has 0 bridgehead atoms. The first-order valence-electron chi connectivity index (χ1n) is 11.5. The third-order valence-corrected chi connectivity index (χ3v) is 6.52. The monoisotopic (exact) mass is 476 g/mol. The number of nitrogens with zero attached hydrogens (tertiary/aromatic N) is 6. The number of rotatable bonds is 7. The van der Waals surface area contributed by atoms with Gasteiger partial charge in [-0.1, -0.05) is 0 Å². The number of ether oxygens (including phenoxy) is 1. The molecule has 1 fully saturated rings. The summed E-state index contributed by atoms with van der Waals surface area (Å²) in [6.45, 7) is 0.157. The second-order valence-corrected chi connectivity index (χ2v) is 8.84. The molecule has 5 rings (SSSR count). The summed E-state index contributed by atoms with van der Waals surface area (Å²) in [4.78, 5) is 36.4. The fourth-order valence-corrected chi connectivity index (χ4v) is 4.34. The Labute approximate surface area is 202 Å². The molecule has 0 aliphatic heterocycles. The minimum Gasteiger partial charge on any atom is -0.379 e. The minimum absolute atomic E-state index is 0.0207. The molecular weight excluding hydrogens is 448 g/mol. The van der Waals surface area contributed by atoms with E-state index in [0.29, 0.717) is 28.4 Å². The van der Waals surface area contributed by atoms with Crippen LogP contribution in [-0.4, -0.2) is 81.3 Å².